The second-order valence-electron chi connectivity index (χ2n) is 13.0. The molecule has 10 heteroatoms. The third-order valence-corrected chi connectivity index (χ3v) is 9.03. The van der Waals surface area contributed by atoms with E-state index in [4.69, 9.17) is 16.5 Å². The van der Waals surface area contributed by atoms with Crippen LogP contribution in [0.1, 0.15) is 72.4 Å². The van der Waals surface area contributed by atoms with E-state index >= 15 is 0 Å². The first-order valence-electron chi connectivity index (χ1n) is 17.1. The van der Waals surface area contributed by atoms with E-state index in [0.29, 0.717) is 0 Å². The van der Waals surface area contributed by atoms with Crippen LogP contribution in [0.5, 0.6) is 0 Å². The van der Waals surface area contributed by atoms with E-state index in [1.165, 1.54) is 89.2 Å². The summed E-state index contributed by atoms with van der Waals surface area (Å²) in [5, 5.41) is 8.43. The number of carbonyl (C=O) groups is 1. The minimum absolute atomic E-state index is 0. The van der Waals surface area contributed by atoms with Crippen LogP contribution in [0.15, 0.2) is 48.5 Å². The zero-order valence-corrected chi connectivity index (χ0v) is 38.3. The molecule has 2 aromatic rings. The van der Waals surface area contributed by atoms with Gasteiger partial charge in [0.2, 0.25) is 0 Å². The van der Waals surface area contributed by atoms with E-state index < -0.39 is 8.07 Å². The summed E-state index contributed by atoms with van der Waals surface area (Å²) in [6, 6.07) is 17.2. The molecule has 0 radical (unpaired) electrons. The fraction of sp³-hybridized carbons (Fsp3) is 0.564. The molecular weight excluding hydrogens is 679 g/mol. The maximum atomic E-state index is 8.64. The van der Waals surface area contributed by atoms with Crippen molar-refractivity contribution in [1.82, 2.24) is 9.80 Å². The molecule has 0 bridgehead atoms. The van der Waals surface area contributed by atoms with Crippen LogP contribution in [-0.2, 0) is 9.68 Å². The topological polar surface area (TPSA) is 62.3 Å². The van der Waals surface area contributed by atoms with Crippen molar-refractivity contribution < 1.29 is 119 Å². The van der Waals surface area contributed by atoms with Gasteiger partial charge >= 0.3 is 103 Å². The normalized spacial score (nSPS) is 14.3. The summed E-state index contributed by atoms with van der Waals surface area (Å²) in [5.41, 5.74) is 8.19. The first kappa shape index (κ1) is 51.1. The van der Waals surface area contributed by atoms with Crippen LogP contribution in [0.2, 0.25) is 19.6 Å². The van der Waals surface area contributed by atoms with Crippen molar-refractivity contribution >= 4 is 25.9 Å². The number of anilines is 2. The molecular formula is C39H62K2N4O3Si. The summed E-state index contributed by atoms with van der Waals surface area (Å²) in [7, 11) is -1.28. The quantitative estimate of drug-likeness (QED) is 0.0827. The van der Waals surface area contributed by atoms with Crippen LogP contribution in [-0.4, -0.2) is 89.8 Å². The van der Waals surface area contributed by atoms with Crippen LogP contribution >= 0.6 is 0 Å². The van der Waals surface area contributed by atoms with Crippen molar-refractivity contribution in [3.05, 3.63) is 59.7 Å². The summed E-state index contributed by atoms with van der Waals surface area (Å²) in [6.45, 7) is 23.0. The maximum Gasteiger partial charge on any atom is 1.00 e. The van der Waals surface area contributed by atoms with E-state index in [0.717, 1.165) is 37.3 Å². The predicted molar refractivity (Wildman–Crippen MR) is 202 cm³/mol. The molecule has 0 N–H and O–H groups in total. The van der Waals surface area contributed by atoms with Crippen molar-refractivity contribution in [3.8, 4) is 23.8 Å². The number of benzene rings is 2. The number of piperazine rings is 2. The monoisotopic (exact) mass is 740 g/mol. The van der Waals surface area contributed by atoms with E-state index in [1.54, 1.807) is 0 Å². The van der Waals surface area contributed by atoms with Gasteiger partial charge in [-0.15, -0.1) is 12.0 Å². The molecule has 0 aliphatic carbocycles. The van der Waals surface area contributed by atoms with Crippen molar-refractivity contribution in [1.29, 1.82) is 0 Å². The Bertz CT molecular complexity index is 1220. The van der Waals surface area contributed by atoms with Gasteiger partial charge in [0.15, 0.2) is 0 Å². The average molecular weight is 741 g/mol. The molecule has 0 atom stereocenters. The molecule has 0 spiro atoms. The number of unbranched alkanes of at least 4 members (excludes halogenated alkanes) is 4. The van der Waals surface area contributed by atoms with Gasteiger partial charge in [0.1, 0.15) is 8.07 Å². The van der Waals surface area contributed by atoms with Gasteiger partial charge in [0.25, 0.3) is 6.47 Å². The van der Waals surface area contributed by atoms with Crippen LogP contribution in [0.4, 0.5) is 11.4 Å². The number of rotatable bonds is 11. The van der Waals surface area contributed by atoms with Crippen LogP contribution < -0.4 is 118 Å². The summed E-state index contributed by atoms with van der Waals surface area (Å²) in [6.07, 6.45) is 13.4. The number of hydrogen-bond acceptors (Lipinski definition) is 7. The van der Waals surface area contributed by atoms with Gasteiger partial charge in [-0.2, -0.15) is 0 Å². The van der Waals surface area contributed by atoms with Gasteiger partial charge in [-0.05, 0) is 74.5 Å². The third kappa shape index (κ3) is 22.6. The summed E-state index contributed by atoms with van der Waals surface area (Å²) >= 11 is 0. The average Bonchev–Trinajstić information content (AvgIpc) is 3.09. The molecule has 0 aromatic heterocycles. The second-order valence-corrected chi connectivity index (χ2v) is 17.8. The molecule has 0 saturated carbocycles. The molecule has 2 aliphatic rings. The predicted octanol–water partition coefficient (Wildman–Crippen LogP) is 0.399. The smallest absolute Gasteiger partial charge is 1.00 e. The Balaban J connectivity index is -0.000000752. The SMILES string of the molecule is C.C#Cc1ccc(N2CCN(CCCCC)CC2)cc1.CCCCCN1CCN(c2ccc(C#C[Si](C)(C)C)cc2)CC1.O=CO[O-].[H-].[K+].[K+]. The maximum absolute atomic E-state index is 8.64. The molecule has 2 fully saturated rings. The number of terminal acetylenes is 1. The first-order chi connectivity index (χ1) is 22.2. The Morgan fingerprint density at radius 2 is 1.10 bits per heavy atom. The molecule has 0 unspecified atom stereocenters. The van der Waals surface area contributed by atoms with E-state index in [1.807, 2.05) is 12.1 Å². The molecule has 2 aliphatic heterocycles. The van der Waals surface area contributed by atoms with E-state index in [2.05, 4.69) is 112 Å². The Labute approximate surface area is 387 Å². The van der Waals surface area contributed by atoms with Crippen molar-refractivity contribution in [2.75, 3.05) is 75.2 Å². The summed E-state index contributed by atoms with van der Waals surface area (Å²) in [5.74, 6) is 6.00. The Hall–Kier alpha value is -0.000390. The molecule has 2 heterocycles. The number of carbonyl (C=O) groups excluding carboxylic acids is 1. The van der Waals surface area contributed by atoms with Crippen molar-refractivity contribution in [2.24, 2.45) is 0 Å². The van der Waals surface area contributed by atoms with Crippen LogP contribution in [0.3, 0.4) is 0 Å². The Kier molecular flexibility index (Phi) is 31.8. The van der Waals surface area contributed by atoms with Gasteiger partial charge in [0.05, 0.1) is 0 Å². The fourth-order valence-corrected chi connectivity index (χ4v) is 5.93. The Morgan fingerprint density at radius 1 is 0.735 bits per heavy atom. The van der Waals surface area contributed by atoms with Gasteiger partial charge in [-0.25, -0.2) is 0 Å². The van der Waals surface area contributed by atoms with Crippen molar-refractivity contribution in [2.45, 2.75) is 79.4 Å². The molecule has 2 aromatic carbocycles. The van der Waals surface area contributed by atoms with E-state index in [9.17, 15) is 0 Å². The van der Waals surface area contributed by atoms with Crippen LogP contribution in [0, 0.1) is 23.8 Å². The zero-order valence-electron chi connectivity index (χ0n) is 32.1. The van der Waals surface area contributed by atoms with Gasteiger partial charge in [-0.1, -0.05) is 78.4 Å². The number of hydrogen-bond donors (Lipinski definition) is 0. The van der Waals surface area contributed by atoms with Gasteiger partial charge < -0.3 is 21.4 Å². The fourth-order valence-electron chi connectivity index (χ4n) is 5.41. The Morgan fingerprint density at radius 3 is 1.41 bits per heavy atom. The van der Waals surface area contributed by atoms with E-state index in [-0.39, 0.29) is 118 Å². The molecule has 4 rings (SSSR count). The molecule has 49 heavy (non-hydrogen) atoms. The molecule has 0 amide bonds. The molecule has 7 nitrogen and oxygen atoms in total. The zero-order chi connectivity index (χ0) is 33.6. The van der Waals surface area contributed by atoms with Gasteiger partial charge in [-0.3, -0.25) is 14.6 Å². The first-order valence-corrected chi connectivity index (χ1v) is 20.6. The minimum atomic E-state index is -1.28. The molecule has 2 saturated heterocycles. The summed E-state index contributed by atoms with van der Waals surface area (Å²) in [4.78, 5) is 21.4. The van der Waals surface area contributed by atoms with Crippen LogP contribution in [0.25, 0.3) is 0 Å². The largest absolute Gasteiger partial charge is 1.00 e. The second kappa shape index (κ2) is 30.5. The summed E-state index contributed by atoms with van der Waals surface area (Å²) < 4.78 is 0. The van der Waals surface area contributed by atoms with Crippen molar-refractivity contribution in [3.63, 3.8) is 0 Å². The standard InChI is InChI=1S/C20H32N2Si.C17H24N2.CH2O3.CH4.2K.H/c1-5-6-7-13-21-14-16-22(17-15-21)20-10-8-19(9-11-20)12-18-23(2,3)4;1-3-5-6-11-18-12-14-19(15-13-18)17-9-7-16(4-2)8-10-17;2-1-4-3;;;;/h8-11H,5-7,13-17H2,1-4H3;2,7-10H,3,5-6,11-15H2,1H3;1,3H;1H4;;;/q;;;;2*+1;-1/p-1. The molecule has 262 valence electrons. The third-order valence-electron chi connectivity index (χ3n) is 8.15. The minimum Gasteiger partial charge on any atom is -1.00 e. The number of nitrogens with zero attached hydrogens (tertiary/aromatic N) is 4. The van der Waals surface area contributed by atoms with Gasteiger partial charge in [0, 0.05) is 74.9 Å².